The molecule has 2 fully saturated rings. The van der Waals surface area contributed by atoms with Gasteiger partial charge in [-0.2, -0.15) is 0 Å². The van der Waals surface area contributed by atoms with E-state index in [0.29, 0.717) is 24.9 Å². The lowest BCUT2D eigenvalue weighted by Crippen LogP contribution is -2.53. The van der Waals surface area contributed by atoms with E-state index in [0.717, 1.165) is 58.3 Å². The minimum atomic E-state index is 0. The van der Waals surface area contributed by atoms with Crippen molar-refractivity contribution < 1.29 is 9.53 Å². The van der Waals surface area contributed by atoms with Crippen LogP contribution in [0.1, 0.15) is 50.7 Å². The topological polar surface area (TPSA) is 69.2 Å². The smallest absolute Gasteiger partial charge is 0.222 e. The van der Waals surface area contributed by atoms with Crippen LogP contribution >= 0.6 is 24.0 Å². The van der Waals surface area contributed by atoms with Crippen LogP contribution in [0.2, 0.25) is 0 Å². The normalized spacial score (nSPS) is 18.4. The van der Waals surface area contributed by atoms with Crippen molar-refractivity contribution in [3.8, 4) is 0 Å². The van der Waals surface area contributed by atoms with E-state index in [1.54, 1.807) is 0 Å². The van der Waals surface area contributed by atoms with Gasteiger partial charge in [-0.1, -0.05) is 51.0 Å². The number of carbonyl (C=O) groups excluding carboxylic acids is 1. The molecule has 8 heteroatoms. The zero-order chi connectivity index (χ0) is 22.8. The highest BCUT2D eigenvalue weighted by Crippen LogP contribution is 2.19. The van der Waals surface area contributed by atoms with Gasteiger partial charge in [0, 0.05) is 58.8 Å². The molecule has 0 bridgehead atoms. The van der Waals surface area contributed by atoms with Gasteiger partial charge in [0.15, 0.2) is 5.96 Å². The van der Waals surface area contributed by atoms with Crippen LogP contribution in [-0.2, 0) is 22.6 Å². The number of amides is 1. The van der Waals surface area contributed by atoms with Crippen molar-refractivity contribution >= 4 is 35.8 Å². The molecule has 0 aliphatic carbocycles. The lowest BCUT2D eigenvalue weighted by Gasteiger charge is -2.39. The van der Waals surface area contributed by atoms with E-state index in [9.17, 15) is 4.79 Å². The number of likely N-dealkylation sites (tertiary alicyclic amines) is 1. The Morgan fingerprint density at radius 2 is 1.73 bits per heavy atom. The lowest BCUT2D eigenvalue weighted by atomic mass is 9.92. The molecule has 2 aliphatic rings. The summed E-state index contributed by atoms with van der Waals surface area (Å²) in [5.74, 6) is 1.77. The molecule has 3 rings (SSSR count). The lowest BCUT2D eigenvalue weighted by molar-refractivity contribution is -0.128. The van der Waals surface area contributed by atoms with Crippen molar-refractivity contribution in [3.63, 3.8) is 0 Å². The molecular formula is C25H42IN5O2. The molecule has 1 atom stereocenters. The van der Waals surface area contributed by atoms with E-state index >= 15 is 0 Å². The summed E-state index contributed by atoms with van der Waals surface area (Å²) in [5.41, 5.74) is 2.39. The number of hydrogen-bond acceptors (Lipinski definition) is 4. The molecule has 1 unspecified atom stereocenters. The second-order valence-corrected chi connectivity index (χ2v) is 8.83. The first kappa shape index (κ1) is 27.9. The van der Waals surface area contributed by atoms with Crippen LogP contribution in [0, 0.1) is 5.92 Å². The van der Waals surface area contributed by atoms with Gasteiger partial charge in [0.05, 0.1) is 13.2 Å². The molecule has 2 N–H and O–H groups in total. The van der Waals surface area contributed by atoms with Crippen molar-refractivity contribution in [1.82, 2.24) is 20.4 Å². The molecule has 1 aromatic rings. The van der Waals surface area contributed by atoms with Crippen molar-refractivity contribution in [2.45, 2.75) is 58.7 Å². The number of ether oxygens (including phenoxy) is 1. The molecule has 0 radical (unpaired) electrons. The number of nitrogens with zero attached hydrogens (tertiary/aromatic N) is 3. The molecule has 0 saturated carbocycles. The summed E-state index contributed by atoms with van der Waals surface area (Å²) in [6.45, 7) is 11.4. The van der Waals surface area contributed by atoms with E-state index in [4.69, 9.17) is 4.74 Å². The first-order chi connectivity index (χ1) is 15.6. The number of halogens is 1. The monoisotopic (exact) mass is 571 g/mol. The van der Waals surface area contributed by atoms with E-state index in [1.165, 1.54) is 24.0 Å². The molecule has 186 valence electrons. The van der Waals surface area contributed by atoms with Gasteiger partial charge in [0.2, 0.25) is 5.91 Å². The van der Waals surface area contributed by atoms with Crippen molar-refractivity contribution in [2.75, 3.05) is 46.4 Å². The summed E-state index contributed by atoms with van der Waals surface area (Å²) in [5, 5.41) is 7.01. The molecule has 2 aliphatic heterocycles. The average molecular weight is 572 g/mol. The zero-order valence-electron chi connectivity index (χ0n) is 20.5. The molecule has 7 nitrogen and oxygen atoms in total. The Hall–Kier alpha value is -1.39. The number of rotatable bonds is 10. The quantitative estimate of drug-likeness (QED) is 0.257. The summed E-state index contributed by atoms with van der Waals surface area (Å²) in [4.78, 5) is 20.8. The van der Waals surface area contributed by atoms with E-state index in [2.05, 4.69) is 58.6 Å². The zero-order valence-corrected chi connectivity index (χ0v) is 22.8. The summed E-state index contributed by atoms with van der Waals surface area (Å²) in [6.07, 6.45) is 4.04. The van der Waals surface area contributed by atoms with Crippen LogP contribution in [0.3, 0.4) is 0 Å². The Bertz CT molecular complexity index is 733. The average Bonchev–Trinajstić information content (AvgIpc) is 3.24. The maximum absolute atomic E-state index is 11.8. The van der Waals surface area contributed by atoms with Gasteiger partial charge in [-0.05, 0) is 23.5 Å². The molecule has 33 heavy (non-hydrogen) atoms. The van der Waals surface area contributed by atoms with Gasteiger partial charge < -0.3 is 20.3 Å². The predicted molar refractivity (Wildman–Crippen MR) is 145 cm³/mol. The minimum absolute atomic E-state index is 0. The van der Waals surface area contributed by atoms with Crippen LogP contribution in [0.4, 0.5) is 0 Å². The second kappa shape index (κ2) is 14.8. The Kier molecular flexibility index (Phi) is 12.5. The molecular weight excluding hydrogens is 529 g/mol. The van der Waals surface area contributed by atoms with Crippen molar-refractivity contribution in [1.29, 1.82) is 0 Å². The number of nitrogens with one attached hydrogen (secondary N) is 2. The fraction of sp³-hybridized carbons (Fsp3) is 0.680. The standard InChI is InChI=1S/C25H41N5O2.HI/c1-4-22(5-2)23(29-13-15-32-16-14-29)18-28-25(26-3)27-17-20-8-10-21(11-9-20)19-30-12-6-7-24(30)31;/h8-11,22-23H,4-7,12-19H2,1-3H3,(H2,26,27,28);1H. The van der Waals surface area contributed by atoms with Crippen LogP contribution < -0.4 is 10.6 Å². The third-order valence-corrected chi connectivity index (χ3v) is 6.84. The highest BCUT2D eigenvalue weighted by Gasteiger charge is 2.27. The number of guanidine groups is 1. The fourth-order valence-corrected chi connectivity index (χ4v) is 4.80. The summed E-state index contributed by atoms with van der Waals surface area (Å²) >= 11 is 0. The third kappa shape index (κ3) is 8.40. The molecule has 1 aromatic carbocycles. The van der Waals surface area contributed by atoms with E-state index in [1.807, 2.05) is 11.9 Å². The Balaban J connectivity index is 0.00000385. The molecule has 2 heterocycles. The van der Waals surface area contributed by atoms with Crippen LogP contribution in [0.15, 0.2) is 29.3 Å². The number of carbonyl (C=O) groups is 1. The van der Waals surface area contributed by atoms with Crippen molar-refractivity contribution in [2.24, 2.45) is 10.9 Å². The van der Waals surface area contributed by atoms with E-state index < -0.39 is 0 Å². The van der Waals surface area contributed by atoms with Crippen LogP contribution in [0.5, 0.6) is 0 Å². The number of benzene rings is 1. The summed E-state index contributed by atoms with van der Waals surface area (Å²) in [6, 6.07) is 9.01. The Morgan fingerprint density at radius 1 is 1.06 bits per heavy atom. The molecule has 0 aromatic heterocycles. The SMILES string of the molecule is CCC(CC)C(CNC(=NC)NCc1ccc(CN2CCCC2=O)cc1)N1CCOCC1.I. The highest BCUT2D eigenvalue weighted by atomic mass is 127. The maximum Gasteiger partial charge on any atom is 0.222 e. The maximum atomic E-state index is 11.8. The van der Waals surface area contributed by atoms with Gasteiger partial charge in [0.25, 0.3) is 0 Å². The fourth-order valence-electron chi connectivity index (χ4n) is 4.80. The minimum Gasteiger partial charge on any atom is -0.379 e. The Labute approximate surface area is 216 Å². The van der Waals surface area contributed by atoms with Gasteiger partial charge >= 0.3 is 0 Å². The summed E-state index contributed by atoms with van der Waals surface area (Å²) in [7, 11) is 1.83. The largest absolute Gasteiger partial charge is 0.379 e. The summed E-state index contributed by atoms with van der Waals surface area (Å²) < 4.78 is 5.56. The van der Waals surface area contributed by atoms with Gasteiger partial charge in [-0.15, -0.1) is 24.0 Å². The first-order valence-corrected chi connectivity index (χ1v) is 12.3. The number of aliphatic imine (C=N–C) groups is 1. The third-order valence-electron chi connectivity index (χ3n) is 6.84. The predicted octanol–water partition coefficient (Wildman–Crippen LogP) is 3.23. The van der Waals surface area contributed by atoms with Crippen molar-refractivity contribution in [3.05, 3.63) is 35.4 Å². The van der Waals surface area contributed by atoms with Crippen LogP contribution in [-0.4, -0.2) is 74.1 Å². The van der Waals surface area contributed by atoms with Gasteiger partial charge in [-0.3, -0.25) is 14.7 Å². The molecule has 1 amide bonds. The molecule has 2 saturated heterocycles. The molecule has 0 spiro atoms. The van der Waals surface area contributed by atoms with Crippen LogP contribution in [0.25, 0.3) is 0 Å². The Morgan fingerprint density at radius 3 is 2.30 bits per heavy atom. The number of hydrogen-bond donors (Lipinski definition) is 2. The highest BCUT2D eigenvalue weighted by molar-refractivity contribution is 14.0. The van der Waals surface area contributed by atoms with Gasteiger partial charge in [0.1, 0.15) is 0 Å². The van der Waals surface area contributed by atoms with E-state index in [-0.39, 0.29) is 29.9 Å². The number of morpholine rings is 1. The second-order valence-electron chi connectivity index (χ2n) is 8.83. The first-order valence-electron chi connectivity index (χ1n) is 12.3. The van der Waals surface area contributed by atoms with Gasteiger partial charge in [-0.25, -0.2) is 0 Å².